The van der Waals surface area contributed by atoms with Crippen LogP contribution in [-0.2, 0) is 0 Å². The van der Waals surface area contributed by atoms with Gasteiger partial charge < -0.3 is 0 Å². The van der Waals surface area contributed by atoms with E-state index in [0.717, 1.165) is 18.2 Å². The van der Waals surface area contributed by atoms with Gasteiger partial charge in [0.25, 0.3) is 0 Å². The fraction of sp³-hybridized carbons (Fsp3) is 1.00. The van der Waals surface area contributed by atoms with Crippen molar-refractivity contribution in [2.24, 2.45) is 5.84 Å². The molecule has 2 aliphatic rings. The van der Waals surface area contributed by atoms with Gasteiger partial charge in [-0.25, -0.2) is 5.01 Å². The van der Waals surface area contributed by atoms with E-state index < -0.39 is 0 Å². The van der Waals surface area contributed by atoms with Gasteiger partial charge in [-0.15, -0.1) is 0 Å². The molecule has 1 radical (unpaired) electrons. The van der Waals surface area contributed by atoms with Gasteiger partial charge in [0.15, 0.2) is 0 Å². The highest BCUT2D eigenvalue weighted by atomic mass is 15.4. The fourth-order valence-electron chi connectivity index (χ4n) is 2.69. The SMILES string of the molecule is CCC1[B]C2CCCC2N(N)C1. The maximum Gasteiger partial charge on any atom is 0.121 e. The first-order chi connectivity index (χ1) is 5.81. The molecule has 3 unspecified atom stereocenters. The zero-order valence-electron chi connectivity index (χ0n) is 7.87. The van der Waals surface area contributed by atoms with E-state index in [1.165, 1.54) is 25.7 Å². The number of nitrogens with zero attached hydrogens (tertiary/aromatic N) is 1. The molecule has 0 spiro atoms. The predicted octanol–water partition coefficient (Wildman–Crippen LogP) is 1.42. The Morgan fingerprint density at radius 2 is 2.33 bits per heavy atom. The zero-order chi connectivity index (χ0) is 8.55. The van der Waals surface area contributed by atoms with Gasteiger partial charge in [0, 0.05) is 12.6 Å². The second-order valence-corrected chi connectivity index (χ2v) is 4.22. The van der Waals surface area contributed by atoms with Crippen molar-refractivity contribution in [2.75, 3.05) is 6.54 Å². The number of rotatable bonds is 1. The van der Waals surface area contributed by atoms with Crippen LogP contribution >= 0.6 is 0 Å². The minimum Gasteiger partial charge on any atom is -0.269 e. The summed E-state index contributed by atoms with van der Waals surface area (Å²) in [5.41, 5.74) is 0. The van der Waals surface area contributed by atoms with Gasteiger partial charge in [-0.2, -0.15) is 0 Å². The second-order valence-electron chi connectivity index (χ2n) is 4.22. The minimum absolute atomic E-state index is 0.674. The molecular weight excluding hydrogens is 147 g/mol. The molecule has 2 fully saturated rings. The third-order valence-corrected chi connectivity index (χ3v) is 3.45. The molecule has 2 rings (SSSR count). The molecular formula is C9H18BN2. The monoisotopic (exact) mass is 165 g/mol. The first-order valence-corrected chi connectivity index (χ1v) is 5.17. The molecule has 1 heterocycles. The molecule has 0 aromatic rings. The van der Waals surface area contributed by atoms with Gasteiger partial charge in [0.1, 0.15) is 7.28 Å². The van der Waals surface area contributed by atoms with Crippen LogP contribution in [-0.4, -0.2) is 24.9 Å². The van der Waals surface area contributed by atoms with Gasteiger partial charge in [-0.3, -0.25) is 5.84 Å². The summed E-state index contributed by atoms with van der Waals surface area (Å²) in [6, 6.07) is 0.674. The first kappa shape index (κ1) is 8.58. The largest absolute Gasteiger partial charge is 0.269 e. The fourth-order valence-corrected chi connectivity index (χ4v) is 2.69. The van der Waals surface area contributed by atoms with Crippen molar-refractivity contribution in [1.29, 1.82) is 0 Å². The third-order valence-electron chi connectivity index (χ3n) is 3.45. The molecule has 1 saturated carbocycles. The number of nitrogens with two attached hydrogens (primary N) is 1. The Balaban J connectivity index is 2.00. The highest BCUT2D eigenvalue weighted by Gasteiger charge is 2.37. The lowest BCUT2D eigenvalue weighted by molar-refractivity contribution is 0.185. The van der Waals surface area contributed by atoms with Gasteiger partial charge in [-0.05, 0) is 6.42 Å². The standard InChI is InChI=1S/C9H18BN2/c1-2-7-6-12(11)9-5-3-4-8(9)10-7/h7-9H,2-6,11H2,1H3. The minimum atomic E-state index is 0.674. The number of hydrogen-bond acceptors (Lipinski definition) is 2. The van der Waals surface area contributed by atoms with Crippen LogP contribution in [0.5, 0.6) is 0 Å². The first-order valence-electron chi connectivity index (χ1n) is 5.17. The average Bonchev–Trinajstić information content (AvgIpc) is 2.52. The normalized spacial score (nSPS) is 42.3. The lowest BCUT2D eigenvalue weighted by atomic mass is 9.50. The van der Waals surface area contributed by atoms with Crippen molar-refractivity contribution >= 4 is 7.28 Å². The van der Waals surface area contributed by atoms with Crippen LogP contribution in [0.3, 0.4) is 0 Å². The number of hydrogen-bond donors (Lipinski definition) is 1. The van der Waals surface area contributed by atoms with E-state index in [9.17, 15) is 0 Å². The van der Waals surface area contributed by atoms with E-state index in [1.807, 2.05) is 0 Å². The molecule has 0 amide bonds. The molecule has 3 atom stereocenters. The van der Waals surface area contributed by atoms with E-state index in [1.54, 1.807) is 0 Å². The van der Waals surface area contributed by atoms with E-state index in [-0.39, 0.29) is 0 Å². The Morgan fingerprint density at radius 1 is 1.50 bits per heavy atom. The Hall–Kier alpha value is -0.0151. The molecule has 0 aromatic carbocycles. The Morgan fingerprint density at radius 3 is 3.08 bits per heavy atom. The molecule has 1 saturated heterocycles. The van der Waals surface area contributed by atoms with Crippen LogP contribution < -0.4 is 5.84 Å². The Kier molecular flexibility index (Phi) is 2.42. The average molecular weight is 165 g/mol. The molecule has 0 aromatic heterocycles. The maximum absolute atomic E-state index is 6.00. The van der Waals surface area contributed by atoms with Crippen molar-refractivity contribution < 1.29 is 0 Å². The van der Waals surface area contributed by atoms with Crippen LogP contribution in [0.25, 0.3) is 0 Å². The lowest BCUT2D eigenvalue weighted by Crippen LogP contribution is -2.49. The molecule has 0 bridgehead atoms. The molecule has 1 aliphatic heterocycles. The van der Waals surface area contributed by atoms with Crippen LogP contribution in [0.15, 0.2) is 0 Å². The number of fused-ring (bicyclic) bond motifs is 1. The predicted molar refractivity (Wildman–Crippen MR) is 52.1 cm³/mol. The Labute approximate surface area is 75.7 Å². The molecule has 1 aliphatic carbocycles. The molecule has 2 N–H and O–H groups in total. The van der Waals surface area contributed by atoms with E-state index in [2.05, 4.69) is 19.2 Å². The quantitative estimate of drug-likeness (QED) is 0.470. The summed E-state index contributed by atoms with van der Waals surface area (Å²) in [5.74, 6) is 7.54. The highest BCUT2D eigenvalue weighted by Crippen LogP contribution is 2.39. The van der Waals surface area contributed by atoms with Crippen LogP contribution in [0.2, 0.25) is 11.6 Å². The lowest BCUT2D eigenvalue weighted by Gasteiger charge is -2.38. The van der Waals surface area contributed by atoms with E-state index in [4.69, 9.17) is 5.84 Å². The van der Waals surface area contributed by atoms with E-state index >= 15 is 0 Å². The van der Waals surface area contributed by atoms with Gasteiger partial charge in [-0.1, -0.05) is 37.8 Å². The maximum atomic E-state index is 6.00. The molecule has 12 heavy (non-hydrogen) atoms. The summed E-state index contributed by atoms with van der Waals surface area (Å²) in [5, 5.41) is 2.09. The summed E-state index contributed by atoms with van der Waals surface area (Å²) < 4.78 is 0. The second kappa shape index (κ2) is 3.39. The van der Waals surface area contributed by atoms with Gasteiger partial charge in [0.05, 0.1) is 0 Å². The molecule has 3 heteroatoms. The van der Waals surface area contributed by atoms with Crippen molar-refractivity contribution in [3.63, 3.8) is 0 Å². The van der Waals surface area contributed by atoms with Crippen molar-refractivity contribution in [3.8, 4) is 0 Å². The third kappa shape index (κ3) is 1.40. The summed E-state index contributed by atoms with van der Waals surface area (Å²) in [6.07, 6.45) is 5.30. The van der Waals surface area contributed by atoms with Gasteiger partial charge in [0.2, 0.25) is 0 Å². The molecule has 67 valence electrons. The molecule has 2 nitrogen and oxygen atoms in total. The van der Waals surface area contributed by atoms with Crippen molar-refractivity contribution in [2.45, 2.75) is 50.3 Å². The van der Waals surface area contributed by atoms with Crippen molar-refractivity contribution in [3.05, 3.63) is 0 Å². The topological polar surface area (TPSA) is 29.3 Å². The number of hydrazine groups is 1. The van der Waals surface area contributed by atoms with Gasteiger partial charge >= 0.3 is 0 Å². The van der Waals surface area contributed by atoms with Crippen molar-refractivity contribution in [1.82, 2.24) is 5.01 Å². The van der Waals surface area contributed by atoms with Crippen LogP contribution in [0, 0.1) is 0 Å². The zero-order valence-corrected chi connectivity index (χ0v) is 7.87. The highest BCUT2D eigenvalue weighted by molar-refractivity contribution is 6.40. The van der Waals surface area contributed by atoms with Crippen LogP contribution in [0.4, 0.5) is 0 Å². The summed E-state index contributed by atoms with van der Waals surface area (Å²) in [7, 11) is 2.56. The summed E-state index contributed by atoms with van der Waals surface area (Å²) in [6.45, 7) is 3.34. The van der Waals surface area contributed by atoms with E-state index in [0.29, 0.717) is 6.04 Å². The summed E-state index contributed by atoms with van der Waals surface area (Å²) in [4.78, 5) is 0. The summed E-state index contributed by atoms with van der Waals surface area (Å²) >= 11 is 0. The Bertz CT molecular complexity index is 163. The smallest absolute Gasteiger partial charge is 0.121 e. The van der Waals surface area contributed by atoms with Crippen LogP contribution in [0.1, 0.15) is 32.6 Å².